The number of carbonyl (C=O) groups is 2. The molecular weight excluding hydrogens is 1110 g/mol. The van der Waals surface area contributed by atoms with Crippen LogP contribution in [0.4, 0.5) is 0 Å². The van der Waals surface area contributed by atoms with Crippen molar-refractivity contribution in [3.05, 3.63) is 48.6 Å². The third kappa shape index (κ3) is 76.7. The van der Waals surface area contributed by atoms with E-state index in [1.54, 1.807) is 6.08 Å². The van der Waals surface area contributed by atoms with E-state index in [2.05, 4.69) is 55.6 Å². The summed E-state index contributed by atoms with van der Waals surface area (Å²) >= 11 is 0. The van der Waals surface area contributed by atoms with Crippen LogP contribution in [0.2, 0.25) is 0 Å². The number of hydrogen-bond acceptors (Lipinski definition) is 5. The Bertz CT molecular complexity index is 1520. The van der Waals surface area contributed by atoms with Gasteiger partial charge in [-0.3, -0.25) is 9.59 Å². The van der Waals surface area contributed by atoms with Crippen LogP contribution in [0.5, 0.6) is 0 Å². The lowest BCUT2D eigenvalue weighted by Gasteiger charge is -2.20. The topological polar surface area (TPSA) is 95.9 Å². The van der Waals surface area contributed by atoms with E-state index in [1.807, 2.05) is 6.08 Å². The van der Waals surface area contributed by atoms with Crippen molar-refractivity contribution in [1.82, 2.24) is 5.32 Å². The summed E-state index contributed by atoms with van der Waals surface area (Å²) in [6, 6.07) is -0.628. The quantitative estimate of drug-likeness (QED) is 0.0320. The van der Waals surface area contributed by atoms with Gasteiger partial charge in [-0.25, -0.2) is 0 Å². The summed E-state index contributed by atoms with van der Waals surface area (Å²) < 4.78 is 5.50. The third-order valence-corrected chi connectivity index (χ3v) is 19.3. The van der Waals surface area contributed by atoms with Gasteiger partial charge in [0, 0.05) is 12.8 Å². The predicted molar refractivity (Wildman–Crippen MR) is 402 cm³/mol. The van der Waals surface area contributed by atoms with Crippen LogP contribution in [-0.2, 0) is 14.3 Å². The first-order chi connectivity index (χ1) is 45.0. The average Bonchev–Trinajstić information content (AvgIpc) is 3.75. The van der Waals surface area contributed by atoms with Gasteiger partial charge < -0.3 is 20.3 Å². The zero-order valence-electron chi connectivity index (χ0n) is 61.6. The third-order valence-electron chi connectivity index (χ3n) is 19.3. The number of rotatable bonds is 78. The van der Waals surface area contributed by atoms with E-state index in [0.717, 1.165) is 51.4 Å². The number of nitrogens with one attached hydrogen (secondary N) is 1. The van der Waals surface area contributed by atoms with Crippen LogP contribution in [0.3, 0.4) is 0 Å². The average molecular weight is 1280 g/mol. The highest BCUT2D eigenvalue weighted by atomic mass is 16.5. The molecule has 0 aromatic carbocycles. The van der Waals surface area contributed by atoms with Gasteiger partial charge in [0.25, 0.3) is 0 Å². The van der Waals surface area contributed by atoms with Gasteiger partial charge in [0.15, 0.2) is 0 Å². The Labute approximate surface area is 569 Å². The van der Waals surface area contributed by atoms with Gasteiger partial charge >= 0.3 is 5.97 Å². The molecule has 2 unspecified atom stereocenters. The summed E-state index contributed by atoms with van der Waals surface area (Å²) in [4.78, 5) is 24.7. The summed E-state index contributed by atoms with van der Waals surface area (Å²) in [6.07, 6.45) is 107. The summed E-state index contributed by atoms with van der Waals surface area (Å²) in [6.45, 7) is 4.94. The molecule has 0 heterocycles. The Morgan fingerprint density at radius 3 is 0.846 bits per heavy atom. The van der Waals surface area contributed by atoms with E-state index in [4.69, 9.17) is 4.74 Å². The molecule has 6 heteroatoms. The lowest BCUT2D eigenvalue weighted by atomic mass is 10.0. The Morgan fingerprint density at radius 1 is 0.308 bits per heavy atom. The van der Waals surface area contributed by atoms with Crippen molar-refractivity contribution < 1.29 is 24.5 Å². The number of amides is 1. The van der Waals surface area contributed by atoms with Gasteiger partial charge in [-0.05, 0) is 89.9 Å². The van der Waals surface area contributed by atoms with E-state index in [1.165, 1.54) is 379 Å². The zero-order chi connectivity index (χ0) is 65.6. The minimum Gasteiger partial charge on any atom is -0.466 e. The fraction of sp³-hybridized carbons (Fsp3) is 0.882. The first-order valence-electron chi connectivity index (χ1n) is 41.4. The summed E-state index contributed by atoms with van der Waals surface area (Å²) in [7, 11) is 0. The molecule has 0 bridgehead atoms. The molecule has 6 nitrogen and oxygen atoms in total. The van der Waals surface area contributed by atoms with Gasteiger partial charge in [-0.2, -0.15) is 0 Å². The molecule has 0 aromatic heterocycles. The van der Waals surface area contributed by atoms with Crippen LogP contribution in [-0.4, -0.2) is 47.4 Å². The zero-order valence-corrected chi connectivity index (χ0v) is 61.6. The van der Waals surface area contributed by atoms with Crippen molar-refractivity contribution in [3.8, 4) is 0 Å². The number of unbranched alkanes of at least 4 members (excludes halogenated alkanes) is 61. The van der Waals surface area contributed by atoms with E-state index < -0.39 is 12.1 Å². The Kier molecular flexibility index (Phi) is 78.3. The van der Waals surface area contributed by atoms with Crippen molar-refractivity contribution >= 4 is 11.9 Å². The van der Waals surface area contributed by atoms with Crippen LogP contribution in [0.25, 0.3) is 0 Å². The molecule has 0 aliphatic carbocycles. The maximum absolute atomic E-state index is 12.6. The van der Waals surface area contributed by atoms with Crippen LogP contribution in [0.15, 0.2) is 48.6 Å². The largest absolute Gasteiger partial charge is 0.466 e. The van der Waals surface area contributed by atoms with E-state index in [0.29, 0.717) is 19.4 Å². The van der Waals surface area contributed by atoms with Crippen LogP contribution < -0.4 is 5.32 Å². The number of aliphatic hydroxyl groups excluding tert-OH is 2. The number of hydrogen-bond donors (Lipinski definition) is 3. The molecule has 0 rings (SSSR count). The van der Waals surface area contributed by atoms with E-state index >= 15 is 0 Å². The smallest absolute Gasteiger partial charge is 0.305 e. The monoisotopic (exact) mass is 1280 g/mol. The highest BCUT2D eigenvalue weighted by molar-refractivity contribution is 5.76. The molecule has 0 aliphatic rings. The van der Waals surface area contributed by atoms with Gasteiger partial charge in [0.05, 0.1) is 25.4 Å². The lowest BCUT2D eigenvalue weighted by molar-refractivity contribution is -0.143. The Hall–Kier alpha value is -2.18. The number of esters is 1. The van der Waals surface area contributed by atoms with Gasteiger partial charge in [0.1, 0.15) is 0 Å². The second kappa shape index (κ2) is 80.3. The molecule has 536 valence electrons. The molecule has 1 amide bonds. The minimum atomic E-state index is -0.845. The first-order valence-corrected chi connectivity index (χ1v) is 41.4. The predicted octanol–water partition coefficient (Wildman–Crippen LogP) is 27.5. The van der Waals surface area contributed by atoms with Gasteiger partial charge in [-0.15, -0.1) is 0 Å². The van der Waals surface area contributed by atoms with E-state index in [-0.39, 0.29) is 18.5 Å². The second-order valence-electron chi connectivity index (χ2n) is 28.4. The minimum absolute atomic E-state index is 0.00977. The normalized spacial score (nSPS) is 12.7. The first kappa shape index (κ1) is 88.8. The van der Waals surface area contributed by atoms with E-state index in [9.17, 15) is 19.8 Å². The molecule has 0 aliphatic heterocycles. The highest BCUT2D eigenvalue weighted by Gasteiger charge is 2.18. The molecule has 0 saturated carbocycles. The molecule has 0 spiro atoms. The van der Waals surface area contributed by atoms with Crippen molar-refractivity contribution in [2.24, 2.45) is 0 Å². The summed E-state index contributed by atoms with van der Waals surface area (Å²) in [5.41, 5.74) is 0. The van der Waals surface area contributed by atoms with Crippen molar-refractivity contribution in [3.63, 3.8) is 0 Å². The number of ether oxygens (including phenoxy) is 1. The van der Waals surface area contributed by atoms with Crippen molar-refractivity contribution in [1.29, 1.82) is 0 Å². The maximum atomic E-state index is 12.6. The maximum Gasteiger partial charge on any atom is 0.305 e. The molecule has 0 fully saturated rings. The summed E-state index contributed by atoms with van der Waals surface area (Å²) in [5.74, 6) is -0.0512. The van der Waals surface area contributed by atoms with Crippen molar-refractivity contribution in [2.75, 3.05) is 13.2 Å². The number of allylic oxidation sites excluding steroid dienone is 7. The lowest BCUT2D eigenvalue weighted by Crippen LogP contribution is -2.45. The highest BCUT2D eigenvalue weighted by Crippen LogP contribution is 2.20. The fourth-order valence-corrected chi connectivity index (χ4v) is 13.0. The fourth-order valence-electron chi connectivity index (χ4n) is 13.0. The van der Waals surface area contributed by atoms with Crippen molar-refractivity contribution in [2.45, 2.75) is 469 Å². The molecule has 91 heavy (non-hydrogen) atoms. The van der Waals surface area contributed by atoms with Crippen LogP contribution in [0, 0.1) is 0 Å². The Morgan fingerprint density at radius 2 is 0.549 bits per heavy atom. The second-order valence-corrected chi connectivity index (χ2v) is 28.4. The molecular formula is C85H161NO5. The van der Waals surface area contributed by atoms with Crippen LogP contribution >= 0.6 is 0 Å². The van der Waals surface area contributed by atoms with Crippen LogP contribution in [0.1, 0.15) is 457 Å². The number of carbonyl (C=O) groups excluding carboxylic acids is 2. The standard InChI is InChI=1S/C85H161NO5/c1-3-5-7-9-11-13-15-17-19-21-22-23-37-40-43-46-49-53-57-61-65-69-73-77-83(88)82(81-87)86-84(89)78-74-70-66-62-58-54-50-47-44-41-38-35-33-31-29-27-25-24-26-28-30-32-34-36-39-42-45-48-52-56-60-64-68-72-76-80-91-85(90)79-75-71-67-63-59-55-51-20-18-16-14-12-10-8-6-4-2/h20,26,28,32,34,51,73,77,82-83,87-88H,3-19,21-25,27,29-31,33,35-50,52-72,74-76,78-81H2,1-2H3,(H,86,89)/b28-26-,34-32-,51-20-,77-73+. The number of aliphatic hydroxyl groups is 2. The molecule has 0 radical (unpaired) electrons. The Balaban J connectivity index is 3.39. The molecule has 0 aromatic rings. The summed E-state index contributed by atoms with van der Waals surface area (Å²) in [5, 5.41) is 23.3. The SMILES string of the molecule is CCCCCCCCC/C=C\CCCCCCCC(=O)OCCCCCCCCCCCCC/C=C\C/C=C\CCCCCCCCCCCCCCCCCCCC(=O)NC(CO)C(O)/C=C/CCCCCCCCCCCCCCCCCCCCCCC. The molecule has 2 atom stereocenters. The molecule has 0 saturated heterocycles. The molecule has 3 N–H and O–H groups in total. The van der Waals surface area contributed by atoms with Gasteiger partial charge in [0.2, 0.25) is 5.91 Å². The van der Waals surface area contributed by atoms with Gasteiger partial charge in [-0.1, -0.05) is 403 Å².